The Kier molecular flexibility index (Phi) is 6.39. The molecule has 1 N–H and O–H groups in total. The standard InChI is InChI=1S/C20H24F3N3O2/c21-20(22,23)16-8-4-5-9-17(16)24-18(27)14-25-10-12-26(13-11-25)19(28)15-6-2-1-3-7-15/h1-2,4-5,8-9,15H,3,6-7,10-14H2,(H,24,27). The number of hydrogen-bond donors (Lipinski definition) is 1. The van der Waals surface area contributed by atoms with Crippen LogP contribution in [0.1, 0.15) is 24.8 Å². The van der Waals surface area contributed by atoms with E-state index in [1.54, 1.807) is 0 Å². The van der Waals surface area contributed by atoms with Gasteiger partial charge in [-0.2, -0.15) is 13.2 Å². The number of alkyl halides is 3. The maximum Gasteiger partial charge on any atom is 0.418 e. The minimum atomic E-state index is -4.52. The summed E-state index contributed by atoms with van der Waals surface area (Å²) in [5.74, 6) is -0.292. The van der Waals surface area contributed by atoms with Gasteiger partial charge in [0.15, 0.2) is 0 Å². The maximum absolute atomic E-state index is 13.0. The van der Waals surface area contributed by atoms with E-state index >= 15 is 0 Å². The van der Waals surface area contributed by atoms with E-state index in [-0.39, 0.29) is 24.1 Å². The third kappa shape index (κ3) is 5.13. The highest BCUT2D eigenvalue weighted by Gasteiger charge is 2.34. The monoisotopic (exact) mass is 395 g/mol. The molecule has 0 bridgehead atoms. The zero-order valence-corrected chi connectivity index (χ0v) is 15.5. The molecule has 1 atom stereocenters. The van der Waals surface area contributed by atoms with Crippen LogP contribution in [0.4, 0.5) is 18.9 Å². The normalized spacial score (nSPS) is 20.8. The molecule has 1 aliphatic heterocycles. The van der Waals surface area contributed by atoms with Crippen LogP contribution >= 0.6 is 0 Å². The highest BCUT2D eigenvalue weighted by molar-refractivity contribution is 5.93. The number of allylic oxidation sites excluding steroid dienone is 2. The quantitative estimate of drug-likeness (QED) is 0.797. The van der Waals surface area contributed by atoms with Crippen molar-refractivity contribution in [1.29, 1.82) is 0 Å². The van der Waals surface area contributed by atoms with E-state index in [1.165, 1.54) is 18.2 Å². The smallest absolute Gasteiger partial charge is 0.340 e. The van der Waals surface area contributed by atoms with Crippen molar-refractivity contribution in [2.45, 2.75) is 25.4 Å². The molecule has 3 rings (SSSR count). The molecule has 2 aliphatic rings. The Morgan fingerprint density at radius 3 is 2.43 bits per heavy atom. The van der Waals surface area contributed by atoms with E-state index in [0.29, 0.717) is 26.2 Å². The van der Waals surface area contributed by atoms with Crippen molar-refractivity contribution in [2.75, 3.05) is 38.0 Å². The number of halogens is 3. The molecule has 0 spiro atoms. The second-order valence-electron chi connectivity index (χ2n) is 7.17. The summed E-state index contributed by atoms with van der Waals surface area (Å²) in [6.07, 6.45) is 2.19. The lowest BCUT2D eigenvalue weighted by Crippen LogP contribution is -2.51. The van der Waals surface area contributed by atoms with Gasteiger partial charge >= 0.3 is 6.18 Å². The fourth-order valence-electron chi connectivity index (χ4n) is 3.63. The summed E-state index contributed by atoms with van der Waals surface area (Å²) < 4.78 is 39.1. The van der Waals surface area contributed by atoms with Gasteiger partial charge in [-0.1, -0.05) is 24.3 Å². The molecule has 0 saturated carbocycles. The van der Waals surface area contributed by atoms with E-state index < -0.39 is 17.6 Å². The molecule has 8 heteroatoms. The van der Waals surface area contributed by atoms with Gasteiger partial charge in [-0.3, -0.25) is 14.5 Å². The fourth-order valence-corrected chi connectivity index (χ4v) is 3.63. The first-order valence-electron chi connectivity index (χ1n) is 9.47. The molecule has 2 amide bonds. The lowest BCUT2D eigenvalue weighted by molar-refractivity contribution is -0.138. The summed E-state index contributed by atoms with van der Waals surface area (Å²) in [5.41, 5.74) is -1.10. The number of anilines is 1. The van der Waals surface area contributed by atoms with Crippen LogP contribution in [-0.2, 0) is 15.8 Å². The SMILES string of the molecule is O=C(CN1CCN(C(=O)C2CC=CCC2)CC1)Nc1ccccc1C(F)(F)F. The zero-order chi connectivity index (χ0) is 20.1. The highest BCUT2D eigenvalue weighted by atomic mass is 19.4. The van der Waals surface area contributed by atoms with Crippen LogP contribution in [0.15, 0.2) is 36.4 Å². The first-order chi connectivity index (χ1) is 13.3. The largest absolute Gasteiger partial charge is 0.418 e. The van der Waals surface area contributed by atoms with Gasteiger partial charge < -0.3 is 10.2 Å². The fraction of sp³-hybridized carbons (Fsp3) is 0.500. The van der Waals surface area contributed by atoms with E-state index in [0.717, 1.165) is 25.3 Å². The zero-order valence-electron chi connectivity index (χ0n) is 15.5. The Morgan fingerprint density at radius 1 is 1.07 bits per heavy atom. The number of carbonyl (C=O) groups is 2. The summed E-state index contributed by atoms with van der Waals surface area (Å²) in [5, 5.41) is 2.36. The predicted molar refractivity (Wildman–Crippen MR) is 99.6 cm³/mol. The van der Waals surface area contributed by atoms with Gasteiger partial charge in [0.05, 0.1) is 17.8 Å². The second kappa shape index (κ2) is 8.77. The molecule has 1 aliphatic carbocycles. The van der Waals surface area contributed by atoms with Crippen LogP contribution in [0, 0.1) is 5.92 Å². The molecule has 1 saturated heterocycles. The van der Waals surface area contributed by atoms with Crippen molar-refractivity contribution in [3.05, 3.63) is 42.0 Å². The molecule has 0 aromatic heterocycles. The number of nitrogens with one attached hydrogen (secondary N) is 1. The predicted octanol–water partition coefficient (Wildman–Crippen LogP) is 3.14. The summed E-state index contributed by atoms with van der Waals surface area (Å²) in [4.78, 5) is 28.4. The Balaban J connectivity index is 1.49. The van der Waals surface area contributed by atoms with Crippen LogP contribution in [-0.4, -0.2) is 54.3 Å². The van der Waals surface area contributed by atoms with E-state index in [4.69, 9.17) is 0 Å². The number of hydrogen-bond acceptors (Lipinski definition) is 3. The molecule has 5 nitrogen and oxygen atoms in total. The maximum atomic E-state index is 13.0. The average Bonchev–Trinajstić information content (AvgIpc) is 2.68. The number of carbonyl (C=O) groups excluding carboxylic acids is 2. The summed E-state index contributed by atoms with van der Waals surface area (Å²) in [6, 6.07) is 4.93. The molecule has 0 radical (unpaired) electrons. The third-order valence-electron chi connectivity index (χ3n) is 5.18. The topological polar surface area (TPSA) is 52.7 Å². The first-order valence-corrected chi connectivity index (χ1v) is 9.47. The van der Waals surface area contributed by atoms with Crippen LogP contribution < -0.4 is 5.32 Å². The highest BCUT2D eigenvalue weighted by Crippen LogP contribution is 2.34. The minimum Gasteiger partial charge on any atom is -0.340 e. The molecule has 1 unspecified atom stereocenters. The Morgan fingerprint density at radius 2 is 1.79 bits per heavy atom. The van der Waals surface area contributed by atoms with Gasteiger partial charge in [0.1, 0.15) is 0 Å². The molecule has 1 fully saturated rings. The summed E-state index contributed by atoms with van der Waals surface area (Å²) in [7, 11) is 0. The number of rotatable bonds is 4. The molecule has 28 heavy (non-hydrogen) atoms. The third-order valence-corrected chi connectivity index (χ3v) is 5.18. The number of piperazine rings is 1. The summed E-state index contributed by atoms with van der Waals surface area (Å²) >= 11 is 0. The van der Waals surface area contributed by atoms with Crippen LogP contribution in [0.3, 0.4) is 0 Å². The second-order valence-corrected chi connectivity index (χ2v) is 7.17. The Labute approximate surface area is 162 Å². The molecular formula is C20H24F3N3O2. The van der Waals surface area contributed by atoms with Gasteiger partial charge in [0.25, 0.3) is 0 Å². The lowest BCUT2D eigenvalue weighted by atomic mass is 9.93. The van der Waals surface area contributed by atoms with Gasteiger partial charge in [0.2, 0.25) is 11.8 Å². The van der Waals surface area contributed by atoms with E-state index in [1.807, 2.05) is 15.9 Å². The van der Waals surface area contributed by atoms with Crippen LogP contribution in [0.5, 0.6) is 0 Å². The Hall–Kier alpha value is -2.35. The molecule has 1 heterocycles. The number of benzene rings is 1. The number of para-hydroxylation sites is 1. The van der Waals surface area contributed by atoms with Gasteiger partial charge in [-0.25, -0.2) is 0 Å². The first kappa shape index (κ1) is 20.4. The molecule has 1 aromatic carbocycles. The van der Waals surface area contributed by atoms with Crippen molar-refractivity contribution in [3.63, 3.8) is 0 Å². The number of amides is 2. The summed E-state index contributed by atoms with van der Waals surface area (Å²) in [6.45, 7) is 2.13. The minimum absolute atomic E-state index is 0.000385. The van der Waals surface area contributed by atoms with Crippen molar-refractivity contribution in [2.24, 2.45) is 5.92 Å². The van der Waals surface area contributed by atoms with Crippen LogP contribution in [0.25, 0.3) is 0 Å². The van der Waals surface area contributed by atoms with E-state index in [9.17, 15) is 22.8 Å². The van der Waals surface area contributed by atoms with E-state index in [2.05, 4.69) is 11.4 Å². The van der Waals surface area contributed by atoms with Crippen molar-refractivity contribution < 1.29 is 22.8 Å². The van der Waals surface area contributed by atoms with Crippen molar-refractivity contribution in [1.82, 2.24) is 9.80 Å². The Bertz CT molecular complexity index is 740. The van der Waals surface area contributed by atoms with Crippen molar-refractivity contribution in [3.8, 4) is 0 Å². The van der Waals surface area contributed by atoms with Gasteiger partial charge in [-0.05, 0) is 31.4 Å². The number of nitrogens with zero attached hydrogens (tertiary/aromatic N) is 2. The molecular weight excluding hydrogens is 371 g/mol. The van der Waals surface area contributed by atoms with Crippen LogP contribution in [0.2, 0.25) is 0 Å². The average molecular weight is 395 g/mol. The van der Waals surface area contributed by atoms with Gasteiger partial charge in [0, 0.05) is 32.1 Å². The molecule has 152 valence electrons. The molecule has 1 aromatic rings. The van der Waals surface area contributed by atoms with Crippen molar-refractivity contribution >= 4 is 17.5 Å². The lowest BCUT2D eigenvalue weighted by Gasteiger charge is -2.36. The van der Waals surface area contributed by atoms with Gasteiger partial charge in [-0.15, -0.1) is 0 Å².